The topological polar surface area (TPSA) is 26.3 Å². The van der Waals surface area contributed by atoms with Crippen molar-refractivity contribution in [3.63, 3.8) is 0 Å². The molecule has 0 radical (unpaired) electrons. The maximum atomic E-state index is 10.4. The van der Waals surface area contributed by atoms with Gasteiger partial charge in [-0.25, -0.2) is 0 Å². The van der Waals surface area contributed by atoms with Gasteiger partial charge < -0.3 is 4.74 Å². The highest BCUT2D eigenvalue weighted by molar-refractivity contribution is 5.40. The molecular weight excluding hydrogens is 188 g/mol. The predicted octanol–water partition coefficient (Wildman–Crippen LogP) is 3.92. The lowest BCUT2D eigenvalue weighted by Crippen LogP contribution is -2.12. The quantitative estimate of drug-likeness (QED) is 0.493. The second-order valence-corrected chi connectivity index (χ2v) is 4.95. The first-order chi connectivity index (χ1) is 6.95. The van der Waals surface area contributed by atoms with E-state index in [4.69, 9.17) is 4.74 Å². The number of carbonyl (C=O) groups is 1. The Hall–Kier alpha value is -0.790. The van der Waals surface area contributed by atoms with E-state index in [1.165, 1.54) is 12.8 Å². The maximum Gasteiger partial charge on any atom is 0.298 e. The average Bonchev–Trinajstić information content (AvgIpc) is 2.16. The lowest BCUT2D eigenvalue weighted by Gasteiger charge is -2.21. The standard InChI is InChI=1S/C13H24O2/c1-6-11(7-2)8-9-12(15-10-14)13(3,4)5/h9-11H,6-8H2,1-5H3/b12-9-. The van der Waals surface area contributed by atoms with E-state index in [-0.39, 0.29) is 5.41 Å². The Labute approximate surface area is 93.7 Å². The van der Waals surface area contributed by atoms with Crippen molar-refractivity contribution in [3.05, 3.63) is 11.8 Å². The van der Waals surface area contributed by atoms with E-state index in [0.29, 0.717) is 12.4 Å². The second-order valence-electron chi connectivity index (χ2n) is 4.95. The van der Waals surface area contributed by atoms with Gasteiger partial charge in [0, 0.05) is 5.41 Å². The highest BCUT2D eigenvalue weighted by Crippen LogP contribution is 2.27. The molecule has 0 aromatic carbocycles. The molecule has 88 valence electrons. The third-order valence-corrected chi connectivity index (χ3v) is 2.71. The van der Waals surface area contributed by atoms with Crippen molar-refractivity contribution in [2.45, 2.75) is 53.9 Å². The Balaban J connectivity index is 4.48. The van der Waals surface area contributed by atoms with Crippen LogP contribution in [-0.4, -0.2) is 6.47 Å². The van der Waals surface area contributed by atoms with Gasteiger partial charge >= 0.3 is 0 Å². The number of hydrogen-bond acceptors (Lipinski definition) is 2. The fraction of sp³-hybridized carbons (Fsp3) is 0.769. The molecule has 0 saturated heterocycles. The molecule has 0 aromatic rings. The van der Waals surface area contributed by atoms with Crippen molar-refractivity contribution in [2.75, 3.05) is 0 Å². The molecule has 0 bridgehead atoms. The Morgan fingerprint density at radius 3 is 2.13 bits per heavy atom. The largest absolute Gasteiger partial charge is 0.433 e. The minimum Gasteiger partial charge on any atom is -0.433 e. The molecule has 0 fully saturated rings. The summed E-state index contributed by atoms with van der Waals surface area (Å²) in [5.41, 5.74) is -0.0903. The predicted molar refractivity (Wildman–Crippen MR) is 63.4 cm³/mol. The normalized spacial score (nSPS) is 13.1. The van der Waals surface area contributed by atoms with Crippen LogP contribution in [0.25, 0.3) is 0 Å². The molecule has 0 spiro atoms. The van der Waals surface area contributed by atoms with Crippen LogP contribution in [0, 0.1) is 11.3 Å². The van der Waals surface area contributed by atoms with Crippen LogP contribution < -0.4 is 0 Å². The third kappa shape index (κ3) is 5.60. The van der Waals surface area contributed by atoms with Crippen molar-refractivity contribution >= 4 is 6.47 Å². The lowest BCUT2D eigenvalue weighted by molar-refractivity contribution is -0.126. The smallest absolute Gasteiger partial charge is 0.298 e. The van der Waals surface area contributed by atoms with E-state index < -0.39 is 0 Å². The van der Waals surface area contributed by atoms with Crippen LogP contribution in [0.2, 0.25) is 0 Å². The zero-order valence-corrected chi connectivity index (χ0v) is 10.7. The molecule has 0 aromatic heterocycles. The first-order valence-corrected chi connectivity index (χ1v) is 5.76. The summed E-state index contributed by atoms with van der Waals surface area (Å²) < 4.78 is 5.03. The summed E-state index contributed by atoms with van der Waals surface area (Å²) in [4.78, 5) is 10.4. The van der Waals surface area contributed by atoms with Gasteiger partial charge in [0.15, 0.2) is 0 Å². The number of carbonyl (C=O) groups excluding carboxylic acids is 1. The van der Waals surface area contributed by atoms with Crippen LogP contribution in [-0.2, 0) is 9.53 Å². The van der Waals surface area contributed by atoms with E-state index in [1.54, 1.807) is 0 Å². The highest BCUT2D eigenvalue weighted by atomic mass is 16.5. The van der Waals surface area contributed by atoms with E-state index >= 15 is 0 Å². The van der Waals surface area contributed by atoms with Gasteiger partial charge in [-0.05, 0) is 18.4 Å². The Morgan fingerprint density at radius 1 is 1.27 bits per heavy atom. The van der Waals surface area contributed by atoms with Crippen LogP contribution >= 0.6 is 0 Å². The number of rotatable bonds is 6. The fourth-order valence-electron chi connectivity index (χ4n) is 1.48. The van der Waals surface area contributed by atoms with Gasteiger partial charge in [0.25, 0.3) is 6.47 Å². The minimum atomic E-state index is -0.0903. The molecule has 0 aliphatic carbocycles. The first kappa shape index (κ1) is 14.2. The van der Waals surface area contributed by atoms with Crippen LogP contribution in [0.3, 0.4) is 0 Å². The van der Waals surface area contributed by atoms with Gasteiger partial charge in [-0.3, -0.25) is 4.79 Å². The molecule has 15 heavy (non-hydrogen) atoms. The zero-order chi connectivity index (χ0) is 11.9. The highest BCUT2D eigenvalue weighted by Gasteiger charge is 2.18. The molecule has 2 nitrogen and oxygen atoms in total. The molecule has 0 heterocycles. The van der Waals surface area contributed by atoms with Gasteiger partial charge in [-0.2, -0.15) is 0 Å². The van der Waals surface area contributed by atoms with E-state index in [9.17, 15) is 4.79 Å². The summed E-state index contributed by atoms with van der Waals surface area (Å²) in [6.45, 7) is 11.1. The van der Waals surface area contributed by atoms with Crippen molar-refractivity contribution < 1.29 is 9.53 Å². The molecule has 0 rings (SSSR count). The Morgan fingerprint density at radius 2 is 1.80 bits per heavy atom. The third-order valence-electron chi connectivity index (χ3n) is 2.71. The number of hydrogen-bond donors (Lipinski definition) is 0. The van der Waals surface area contributed by atoms with Crippen LogP contribution in [0.1, 0.15) is 53.9 Å². The molecule has 0 saturated carbocycles. The monoisotopic (exact) mass is 212 g/mol. The van der Waals surface area contributed by atoms with Gasteiger partial charge in [-0.1, -0.05) is 47.5 Å². The molecule has 0 atom stereocenters. The first-order valence-electron chi connectivity index (χ1n) is 5.76. The zero-order valence-electron chi connectivity index (χ0n) is 10.7. The van der Waals surface area contributed by atoms with Gasteiger partial charge in [0.1, 0.15) is 5.76 Å². The summed E-state index contributed by atoms with van der Waals surface area (Å²) in [5, 5.41) is 0. The minimum absolute atomic E-state index is 0.0903. The van der Waals surface area contributed by atoms with Crippen molar-refractivity contribution in [2.24, 2.45) is 11.3 Å². The SMILES string of the molecule is CCC(CC)C/C=C(\OC=O)C(C)(C)C. The second kappa shape index (κ2) is 6.65. The molecule has 0 amide bonds. The van der Waals surface area contributed by atoms with Crippen molar-refractivity contribution in [3.8, 4) is 0 Å². The van der Waals surface area contributed by atoms with Crippen LogP contribution in [0.4, 0.5) is 0 Å². The molecular formula is C13H24O2. The van der Waals surface area contributed by atoms with Crippen LogP contribution in [0.5, 0.6) is 0 Å². The fourth-order valence-corrected chi connectivity index (χ4v) is 1.48. The van der Waals surface area contributed by atoms with E-state index in [2.05, 4.69) is 40.7 Å². The molecule has 0 aliphatic heterocycles. The molecule has 0 aliphatic rings. The molecule has 2 heteroatoms. The van der Waals surface area contributed by atoms with E-state index in [0.717, 1.165) is 12.2 Å². The van der Waals surface area contributed by atoms with Gasteiger partial charge in [0.05, 0.1) is 0 Å². The summed E-state index contributed by atoms with van der Waals surface area (Å²) in [7, 11) is 0. The summed E-state index contributed by atoms with van der Waals surface area (Å²) in [6.07, 6.45) is 5.40. The Kier molecular flexibility index (Phi) is 6.30. The average molecular weight is 212 g/mol. The maximum absolute atomic E-state index is 10.4. The Bertz CT molecular complexity index is 207. The number of ether oxygens (including phenoxy) is 1. The molecule has 0 N–H and O–H groups in total. The van der Waals surface area contributed by atoms with Crippen molar-refractivity contribution in [1.82, 2.24) is 0 Å². The molecule has 0 unspecified atom stereocenters. The summed E-state index contributed by atoms with van der Waals surface area (Å²) in [5.74, 6) is 1.47. The van der Waals surface area contributed by atoms with Gasteiger partial charge in [0.2, 0.25) is 0 Å². The van der Waals surface area contributed by atoms with Crippen LogP contribution in [0.15, 0.2) is 11.8 Å². The van der Waals surface area contributed by atoms with Crippen molar-refractivity contribution in [1.29, 1.82) is 0 Å². The summed E-state index contributed by atoms with van der Waals surface area (Å²) >= 11 is 0. The van der Waals surface area contributed by atoms with E-state index in [1.807, 2.05) is 0 Å². The van der Waals surface area contributed by atoms with Gasteiger partial charge in [-0.15, -0.1) is 0 Å². The summed E-state index contributed by atoms with van der Waals surface area (Å²) in [6, 6.07) is 0. The number of allylic oxidation sites excluding steroid dienone is 2. The lowest BCUT2D eigenvalue weighted by atomic mass is 9.91.